The molecule has 4 rings (SSSR count). The quantitative estimate of drug-likeness (QED) is 0.496. The standard InChI is InChI=1S/C22H17NO3S/c1-16-10-12-18(13-11-16)27(25,26)23-15-14-19-20(8-5-9-21(19)23)22(24)17-6-3-2-4-7-17/h2-15H,1H3. The molecule has 0 fully saturated rings. The molecule has 0 unspecified atom stereocenters. The molecule has 0 atom stereocenters. The summed E-state index contributed by atoms with van der Waals surface area (Å²) in [6.45, 7) is 1.91. The molecule has 0 bridgehead atoms. The molecule has 0 spiro atoms. The Morgan fingerprint density at radius 2 is 1.52 bits per heavy atom. The summed E-state index contributed by atoms with van der Waals surface area (Å²) in [5.74, 6) is -0.133. The highest BCUT2D eigenvalue weighted by molar-refractivity contribution is 7.90. The Kier molecular flexibility index (Phi) is 4.16. The number of fused-ring (bicyclic) bond motifs is 1. The topological polar surface area (TPSA) is 56.1 Å². The molecule has 0 amide bonds. The molecule has 0 radical (unpaired) electrons. The van der Waals surface area contributed by atoms with Gasteiger partial charge in [0.1, 0.15) is 0 Å². The number of carbonyl (C=O) groups excluding carboxylic acids is 1. The van der Waals surface area contributed by atoms with Crippen molar-refractivity contribution in [1.82, 2.24) is 3.97 Å². The fourth-order valence-electron chi connectivity index (χ4n) is 3.12. The SMILES string of the molecule is Cc1ccc(S(=O)(=O)n2ccc3c(C(=O)c4ccccc4)cccc32)cc1. The van der Waals surface area contributed by atoms with E-state index in [0.717, 1.165) is 5.56 Å². The van der Waals surface area contributed by atoms with Crippen molar-refractivity contribution in [2.45, 2.75) is 11.8 Å². The highest BCUT2D eigenvalue weighted by Crippen LogP contribution is 2.26. The van der Waals surface area contributed by atoms with Crippen LogP contribution in [0.5, 0.6) is 0 Å². The maximum absolute atomic E-state index is 13.0. The molecule has 134 valence electrons. The maximum atomic E-state index is 13.0. The minimum absolute atomic E-state index is 0.133. The zero-order valence-corrected chi connectivity index (χ0v) is 15.5. The van der Waals surface area contributed by atoms with Gasteiger partial charge in [0.05, 0.1) is 10.4 Å². The second kappa shape index (κ2) is 6.52. The Labute approximate surface area is 157 Å². The molecule has 3 aromatic carbocycles. The third-order valence-electron chi connectivity index (χ3n) is 4.56. The number of aryl methyl sites for hydroxylation is 1. The van der Waals surface area contributed by atoms with Gasteiger partial charge in [0, 0.05) is 22.7 Å². The number of carbonyl (C=O) groups is 1. The third kappa shape index (κ3) is 2.96. The van der Waals surface area contributed by atoms with E-state index in [0.29, 0.717) is 22.0 Å². The molecule has 27 heavy (non-hydrogen) atoms. The van der Waals surface area contributed by atoms with Gasteiger partial charge in [0.2, 0.25) is 0 Å². The van der Waals surface area contributed by atoms with Gasteiger partial charge in [-0.1, -0.05) is 60.2 Å². The lowest BCUT2D eigenvalue weighted by molar-refractivity contribution is 0.104. The highest BCUT2D eigenvalue weighted by Gasteiger charge is 2.21. The van der Waals surface area contributed by atoms with Crippen molar-refractivity contribution in [3.63, 3.8) is 0 Å². The number of hydrogen-bond acceptors (Lipinski definition) is 3. The van der Waals surface area contributed by atoms with E-state index < -0.39 is 10.0 Å². The van der Waals surface area contributed by atoms with Gasteiger partial charge in [-0.25, -0.2) is 12.4 Å². The van der Waals surface area contributed by atoms with Crippen LogP contribution in [0.25, 0.3) is 10.9 Å². The monoisotopic (exact) mass is 375 g/mol. The van der Waals surface area contributed by atoms with E-state index in [4.69, 9.17) is 0 Å². The smallest absolute Gasteiger partial charge is 0.268 e. The van der Waals surface area contributed by atoms with Crippen LogP contribution >= 0.6 is 0 Å². The Hall–Kier alpha value is -3.18. The van der Waals surface area contributed by atoms with E-state index in [1.54, 1.807) is 72.8 Å². The van der Waals surface area contributed by atoms with Crippen LogP contribution in [-0.4, -0.2) is 18.2 Å². The zero-order chi connectivity index (χ0) is 19.0. The summed E-state index contributed by atoms with van der Waals surface area (Å²) in [5, 5.41) is 0.613. The van der Waals surface area contributed by atoms with E-state index in [2.05, 4.69) is 0 Å². The highest BCUT2D eigenvalue weighted by atomic mass is 32.2. The van der Waals surface area contributed by atoms with Crippen LogP contribution in [0, 0.1) is 6.92 Å². The van der Waals surface area contributed by atoms with Crippen molar-refractivity contribution < 1.29 is 13.2 Å². The Balaban J connectivity index is 1.86. The summed E-state index contributed by atoms with van der Waals surface area (Å²) in [4.78, 5) is 13.1. The summed E-state index contributed by atoms with van der Waals surface area (Å²) in [6, 6.07) is 22.5. The fraction of sp³-hybridized carbons (Fsp3) is 0.0455. The summed E-state index contributed by atoms with van der Waals surface area (Å²) in [5.41, 5.74) is 2.52. The van der Waals surface area contributed by atoms with Crippen LogP contribution in [0.2, 0.25) is 0 Å². The third-order valence-corrected chi connectivity index (χ3v) is 6.26. The fourth-order valence-corrected chi connectivity index (χ4v) is 4.47. The first-order valence-electron chi connectivity index (χ1n) is 8.50. The summed E-state index contributed by atoms with van der Waals surface area (Å²) >= 11 is 0. The van der Waals surface area contributed by atoms with Crippen LogP contribution in [0.4, 0.5) is 0 Å². The van der Waals surface area contributed by atoms with Crippen LogP contribution in [0.15, 0.2) is 90.0 Å². The molecule has 4 nitrogen and oxygen atoms in total. The molecule has 0 aliphatic rings. The Morgan fingerprint density at radius 3 is 2.22 bits per heavy atom. The van der Waals surface area contributed by atoms with E-state index in [9.17, 15) is 13.2 Å². The zero-order valence-electron chi connectivity index (χ0n) is 14.7. The van der Waals surface area contributed by atoms with Gasteiger partial charge in [-0.2, -0.15) is 0 Å². The van der Waals surface area contributed by atoms with E-state index in [1.165, 1.54) is 10.2 Å². The first-order chi connectivity index (χ1) is 13.0. The molecular weight excluding hydrogens is 358 g/mol. The molecule has 0 saturated carbocycles. The summed E-state index contributed by atoms with van der Waals surface area (Å²) < 4.78 is 27.3. The van der Waals surface area contributed by atoms with Gasteiger partial charge < -0.3 is 0 Å². The molecule has 5 heteroatoms. The number of rotatable bonds is 4. The molecular formula is C22H17NO3S. The number of benzene rings is 3. The van der Waals surface area contributed by atoms with Gasteiger partial charge >= 0.3 is 0 Å². The molecule has 0 N–H and O–H groups in total. The van der Waals surface area contributed by atoms with Crippen molar-refractivity contribution in [2.24, 2.45) is 0 Å². The van der Waals surface area contributed by atoms with Crippen LogP contribution in [0.3, 0.4) is 0 Å². The lowest BCUT2D eigenvalue weighted by Gasteiger charge is -2.09. The maximum Gasteiger partial charge on any atom is 0.268 e. The molecule has 0 aliphatic heterocycles. The molecule has 0 saturated heterocycles. The summed E-state index contributed by atoms with van der Waals surface area (Å²) in [7, 11) is -3.74. The van der Waals surface area contributed by atoms with Crippen molar-refractivity contribution in [3.8, 4) is 0 Å². The van der Waals surface area contributed by atoms with Crippen molar-refractivity contribution in [2.75, 3.05) is 0 Å². The number of nitrogens with zero attached hydrogens (tertiary/aromatic N) is 1. The lowest BCUT2D eigenvalue weighted by atomic mass is 10.0. The van der Waals surface area contributed by atoms with Crippen LogP contribution in [0.1, 0.15) is 21.5 Å². The van der Waals surface area contributed by atoms with Gasteiger partial charge in [-0.15, -0.1) is 0 Å². The van der Waals surface area contributed by atoms with Crippen molar-refractivity contribution in [1.29, 1.82) is 0 Å². The Morgan fingerprint density at radius 1 is 0.815 bits per heavy atom. The number of hydrogen-bond donors (Lipinski definition) is 0. The van der Waals surface area contributed by atoms with E-state index >= 15 is 0 Å². The van der Waals surface area contributed by atoms with Crippen molar-refractivity contribution in [3.05, 3.63) is 102 Å². The Bertz CT molecular complexity index is 1240. The van der Waals surface area contributed by atoms with Crippen LogP contribution < -0.4 is 0 Å². The first-order valence-corrected chi connectivity index (χ1v) is 9.94. The average molecular weight is 375 g/mol. The van der Waals surface area contributed by atoms with Gasteiger partial charge in [0.15, 0.2) is 5.78 Å². The molecule has 0 aliphatic carbocycles. The number of ketones is 1. The molecule has 4 aromatic rings. The molecule has 1 heterocycles. The van der Waals surface area contributed by atoms with Gasteiger partial charge in [0.25, 0.3) is 10.0 Å². The van der Waals surface area contributed by atoms with Gasteiger partial charge in [-0.05, 0) is 31.2 Å². The van der Waals surface area contributed by atoms with E-state index in [-0.39, 0.29) is 10.7 Å². The number of aromatic nitrogens is 1. The van der Waals surface area contributed by atoms with Crippen molar-refractivity contribution >= 4 is 26.7 Å². The predicted octanol–water partition coefficient (Wildman–Crippen LogP) is 4.42. The van der Waals surface area contributed by atoms with Gasteiger partial charge in [-0.3, -0.25) is 4.79 Å². The summed E-state index contributed by atoms with van der Waals surface area (Å²) in [6.07, 6.45) is 1.50. The predicted molar refractivity (Wildman–Crippen MR) is 106 cm³/mol. The lowest BCUT2D eigenvalue weighted by Crippen LogP contribution is -2.12. The normalized spacial score (nSPS) is 11.6. The first kappa shape index (κ1) is 17.2. The molecule has 1 aromatic heterocycles. The second-order valence-corrected chi connectivity index (χ2v) is 8.18. The second-order valence-electron chi connectivity index (χ2n) is 6.36. The van der Waals surface area contributed by atoms with E-state index in [1.807, 2.05) is 13.0 Å². The minimum atomic E-state index is -3.74. The van der Waals surface area contributed by atoms with Crippen LogP contribution in [-0.2, 0) is 10.0 Å². The average Bonchev–Trinajstić information content (AvgIpc) is 3.13. The largest absolute Gasteiger partial charge is 0.289 e. The minimum Gasteiger partial charge on any atom is -0.289 e.